The standard InChI is InChI=1S/C23H39N3O4S/c1-3-8-19-22-20(26(23(19)28)31(2,29)30)14-16-25(22)21(27)11-5-4-6-15-24-17-9-7-10-18(24)13-12-17/h17-20,22H,3-16H2,1-2H3/t17?,18?,19-,20+,22-/m1/s1. The van der Waals surface area contributed by atoms with Crippen LogP contribution < -0.4 is 0 Å². The third-order valence-electron chi connectivity index (χ3n) is 8.10. The lowest BCUT2D eigenvalue weighted by Crippen LogP contribution is -2.43. The van der Waals surface area contributed by atoms with Gasteiger partial charge in [0, 0.05) is 25.0 Å². The third kappa shape index (κ3) is 4.52. The van der Waals surface area contributed by atoms with E-state index in [9.17, 15) is 18.0 Å². The molecule has 5 atom stereocenters. The Morgan fingerprint density at radius 2 is 1.74 bits per heavy atom. The highest BCUT2D eigenvalue weighted by Crippen LogP contribution is 2.40. The molecule has 4 aliphatic heterocycles. The van der Waals surface area contributed by atoms with Gasteiger partial charge in [-0.25, -0.2) is 12.7 Å². The van der Waals surface area contributed by atoms with Crippen molar-refractivity contribution < 1.29 is 18.0 Å². The van der Waals surface area contributed by atoms with Crippen LogP contribution >= 0.6 is 0 Å². The summed E-state index contributed by atoms with van der Waals surface area (Å²) in [6, 6.07) is 0.946. The average molecular weight is 454 g/mol. The fourth-order valence-electron chi connectivity index (χ4n) is 6.80. The van der Waals surface area contributed by atoms with E-state index >= 15 is 0 Å². The zero-order valence-corrected chi connectivity index (χ0v) is 20.0. The molecule has 4 heterocycles. The van der Waals surface area contributed by atoms with Gasteiger partial charge >= 0.3 is 0 Å². The molecule has 176 valence electrons. The van der Waals surface area contributed by atoms with E-state index in [1.807, 2.05) is 11.8 Å². The number of likely N-dealkylation sites (tertiary alicyclic amines) is 1. The first-order chi connectivity index (χ1) is 14.8. The van der Waals surface area contributed by atoms with Crippen LogP contribution in [0.5, 0.6) is 0 Å². The van der Waals surface area contributed by atoms with Gasteiger partial charge in [-0.05, 0) is 57.9 Å². The van der Waals surface area contributed by atoms with E-state index in [0.717, 1.165) is 54.9 Å². The summed E-state index contributed by atoms with van der Waals surface area (Å²) in [5.74, 6) is -0.603. The zero-order valence-electron chi connectivity index (χ0n) is 19.2. The highest BCUT2D eigenvalue weighted by Gasteiger charge is 2.56. The van der Waals surface area contributed by atoms with Crippen LogP contribution in [0.2, 0.25) is 0 Å². The second-order valence-electron chi connectivity index (χ2n) is 10.1. The van der Waals surface area contributed by atoms with Crippen molar-refractivity contribution in [2.24, 2.45) is 5.92 Å². The summed E-state index contributed by atoms with van der Waals surface area (Å²) in [6.45, 7) is 3.72. The first-order valence-electron chi connectivity index (χ1n) is 12.4. The minimum absolute atomic E-state index is 0.0924. The molecule has 8 heteroatoms. The summed E-state index contributed by atoms with van der Waals surface area (Å²) in [4.78, 5) is 30.4. The van der Waals surface area contributed by atoms with Crippen molar-refractivity contribution >= 4 is 21.8 Å². The molecule has 7 nitrogen and oxygen atoms in total. The molecule has 0 radical (unpaired) electrons. The molecule has 0 aromatic heterocycles. The number of carbonyl (C=O) groups is 2. The Morgan fingerprint density at radius 1 is 1.03 bits per heavy atom. The van der Waals surface area contributed by atoms with Gasteiger partial charge < -0.3 is 4.90 Å². The van der Waals surface area contributed by atoms with Gasteiger partial charge in [-0.15, -0.1) is 0 Å². The first kappa shape index (κ1) is 23.0. The molecular weight excluding hydrogens is 414 g/mol. The summed E-state index contributed by atoms with van der Waals surface area (Å²) in [7, 11) is -3.60. The number of fused-ring (bicyclic) bond motifs is 3. The molecule has 4 saturated heterocycles. The molecule has 4 fully saturated rings. The molecule has 4 aliphatic rings. The van der Waals surface area contributed by atoms with Gasteiger partial charge in [-0.1, -0.05) is 26.2 Å². The van der Waals surface area contributed by atoms with Crippen LogP contribution in [0.3, 0.4) is 0 Å². The topological polar surface area (TPSA) is 78.0 Å². The second kappa shape index (κ2) is 9.38. The average Bonchev–Trinajstić information content (AvgIpc) is 3.30. The molecule has 4 rings (SSSR count). The monoisotopic (exact) mass is 453 g/mol. The number of carbonyl (C=O) groups excluding carboxylic acids is 2. The van der Waals surface area contributed by atoms with Crippen LogP contribution in [0, 0.1) is 5.92 Å². The summed E-state index contributed by atoms with van der Waals surface area (Å²) in [5, 5.41) is 0. The van der Waals surface area contributed by atoms with E-state index in [1.54, 1.807) is 0 Å². The van der Waals surface area contributed by atoms with Crippen molar-refractivity contribution in [1.82, 2.24) is 14.1 Å². The maximum absolute atomic E-state index is 13.0. The van der Waals surface area contributed by atoms with Gasteiger partial charge in [0.25, 0.3) is 0 Å². The van der Waals surface area contributed by atoms with E-state index < -0.39 is 10.0 Å². The largest absolute Gasteiger partial charge is 0.337 e. The Labute approximate surface area is 187 Å². The number of nitrogens with zero attached hydrogens (tertiary/aromatic N) is 3. The van der Waals surface area contributed by atoms with E-state index in [2.05, 4.69) is 4.90 Å². The number of piperidine rings is 1. The minimum Gasteiger partial charge on any atom is -0.337 e. The third-order valence-corrected chi connectivity index (χ3v) is 9.26. The van der Waals surface area contributed by atoms with Crippen LogP contribution in [0.4, 0.5) is 0 Å². The molecule has 0 aliphatic carbocycles. The van der Waals surface area contributed by atoms with E-state index in [-0.39, 0.29) is 29.8 Å². The summed E-state index contributed by atoms with van der Waals surface area (Å²) < 4.78 is 25.6. The lowest BCUT2D eigenvalue weighted by Gasteiger charge is -2.34. The van der Waals surface area contributed by atoms with Crippen LogP contribution in [0.15, 0.2) is 0 Å². The van der Waals surface area contributed by atoms with E-state index in [4.69, 9.17) is 0 Å². The van der Waals surface area contributed by atoms with E-state index in [0.29, 0.717) is 25.8 Å². The van der Waals surface area contributed by atoms with Crippen LogP contribution in [-0.4, -0.2) is 77.8 Å². The smallest absolute Gasteiger partial charge is 0.241 e. The van der Waals surface area contributed by atoms with Crippen molar-refractivity contribution in [2.75, 3.05) is 19.3 Å². The predicted octanol–water partition coefficient (Wildman–Crippen LogP) is 2.75. The second-order valence-corrected chi connectivity index (χ2v) is 11.9. The number of hydrogen-bond acceptors (Lipinski definition) is 5. The Kier molecular flexibility index (Phi) is 6.96. The van der Waals surface area contributed by atoms with Gasteiger partial charge in [0.2, 0.25) is 21.8 Å². The molecule has 31 heavy (non-hydrogen) atoms. The van der Waals surface area contributed by atoms with Crippen molar-refractivity contribution in [3.63, 3.8) is 0 Å². The number of rotatable bonds is 9. The van der Waals surface area contributed by atoms with Gasteiger partial charge in [0.05, 0.1) is 24.3 Å². The Morgan fingerprint density at radius 3 is 2.39 bits per heavy atom. The fourth-order valence-corrected chi connectivity index (χ4v) is 7.98. The predicted molar refractivity (Wildman–Crippen MR) is 120 cm³/mol. The summed E-state index contributed by atoms with van der Waals surface area (Å²) >= 11 is 0. The van der Waals surface area contributed by atoms with Gasteiger partial charge in [-0.2, -0.15) is 0 Å². The SMILES string of the molecule is CCC[C@H]1C(=O)N(S(C)(=O)=O)[C@H]2CCN(C(=O)CCCCCN3C4CCCC3CC4)[C@H]12. The molecule has 2 unspecified atom stereocenters. The van der Waals surface area contributed by atoms with Crippen LogP contribution in [0.25, 0.3) is 0 Å². The molecule has 0 aromatic carbocycles. The van der Waals surface area contributed by atoms with Crippen molar-refractivity contribution in [1.29, 1.82) is 0 Å². The molecule has 0 spiro atoms. The molecule has 0 saturated carbocycles. The number of hydrogen-bond donors (Lipinski definition) is 0. The number of amides is 2. The maximum Gasteiger partial charge on any atom is 0.241 e. The van der Waals surface area contributed by atoms with Gasteiger partial charge in [0.1, 0.15) is 0 Å². The molecule has 2 bridgehead atoms. The van der Waals surface area contributed by atoms with Crippen molar-refractivity contribution in [3.05, 3.63) is 0 Å². The van der Waals surface area contributed by atoms with Gasteiger partial charge in [0.15, 0.2) is 0 Å². The zero-order chi connectivity index (χ0) is 22.2. The summed E-state index contributed by atoms with van der Waals surface area (Å²) in [5.41, 5.74) is 0. The van der Waals surface area contributed by atoms with Crippen LogP contribution in [0.1, 0.15) is 84.0 Å². The van der Waals surface area contributed by atoms with Crippen molar-refractivity contribution in [3.8, 4) is 0 Å². The maximum atomic E-state index is 13.0. The van der Waals surface area contributed by atoms with Gasteiger partial charge in [-0.3, -0.25) is 14.5 Å². The highest BCUT2D eigenvalue weighted by atomic mass is 32.2. The normalized spacial score (nSPS) is 33.4. The first-order valence-corrected chi connectivity index (χ1v) is 14.3. The van der Waals surface area contributed by atoms with Crippen LogP contribution in [-0.2, 0) is 19.6 Å². The Balaban J connectivity index is 1.28. The fraction of sp³-hybridized carbons (Fsp3) is 0.913. The van der Waals surface area contributed by atoms with Crippen molar-refractivity contribution in [2.45, 2.75) is 108 Å². The summed E-state index contributed by atoms with van der Waals surface area (Å²) in [6.07, 6.45) is 13.5. The van der Waals surface area contributed by atoms with E-state index in [1.165, 1.54) is 32.1 Å². The highest BCUT2D eigenvalue weighted by molar-refractivity contribution is 7.88. The lowest BCUT2D eigenvalue weighted by molar-refractivity contribution is -0.134. The minimum atomic E-state index is -3.60. The molecule has 0 N–H and O–H groups in total. The molecule has 2 amide bonds. The Hall–Kier alpha value is -1.15. The number of unbranched alkanes of at least 4 members (excludes halogenated alkanes) is 2. The quantitative estimate of drug-likeness (QED) is 0.502. The number of sulfonamides is 1. The molecule has 0 aromatic rings. The Bertz CT molecular complexity index is 770. The lowest BCUT2D eigenvalue weighted by atomic mass is 9.94. The molecular formula is C23H39N3O4S.